The predicted octanol–water partition coefficient (Wildman–Crippen LogP) is 2.26. The first kappa shape index (κ1) is 14.8. The van der Waals surface area contributed by atoms with E-state index in [4.69, 9.17) is 5.73 Å². The molecule has 0 atom stereocenters. The molecule has 2 aromatic rings. The van der Waals surface area contributed by atoms with Crippen molar-refractivity contribution >= 4 is 43.6 Å². The van der Waals surface area contributed by atoms with Gasteiger partial charge in [0.1, 0.15) is 0 Å². The topological polar surface area (TPSA) is 80.9 Å². The van der Waals surface area contributed by atoms with Crippen LogP contribution in [0.25, 0.3) is 6.08 Å². The molecule has 20 heavy (non-hydrogen) atoms. The van der Waals surface area contributed by atoms with Crippen LogP contribution in [0.4, 0.5) is 5.69 Å². The highest BCUT2D eigenvalue weighted by Gasteiger charge is 2.04. The minimum Gasteiger partial charge on any atom is -0.399 e. The molecule has 0 aliphatic heterocycles. The van der Waals surface area contributed by atoms with Gasteiger partial charge in [-0.15, -0.1) is 0 Å². The Morgan fingerprint density at radius 2 is 1.90 bits per heavy atom. The SMILES string of the molecule is Nc1ccc(Cn2cc(C=C(Br)Br)c(=O)[nH]c2=O)cc1. The van der Waals surface area contributed by atoms with Crippen LogP contribution in [0.3, 0.4) is 0 Å². The van der Waals surface area contributed by atoms with E-state index in [1.807, 2.05) is 12.1 Å². The maximum Gasteiger partial charge on any atom is 0.328 e. The van der Waals surface area contributed by atoms with Crippen molar-refractivity contribution < 1.29 is 0 Å². The van der Waals surface area contributed by atoms with Crippen molar-refractivity contribution in [1.29, 1.82) is 0 Å². The number of hydrogen-bond acceptors (Lipinski definition) is 3. The molecule has 0 aliphatic rings. The van der Waals surface area contributed by atoms with Gasteiger partial charge >= 0.3 is 5.69 Å². The molecule has 1 heterocycles. The fourth-order valence-electron chi connectivity index (χ4n) is 1.68. The van der Waals surface area contributed by atoms with E-state index < -0.39 is 11.2 Å². The molecule has 0 unspecified atom stereocenters. The zero-order chi connectivity index (χ0) is 14.7. The van der Waals surface area contributed by atoms with Crippen LogP contribution in [0.5, 0.6) is 0 Å². The molecule has 0 spiro atoms. The number of nitrogen functional groups attached to an aromatic ring is 1. The Morgan fingerprint density at radius 3 is 2.50 bits per heavy atom. The van der Waals surface area contributed by atoms with Gasteiger partial charge in [-0.05, 0) is 55.6 Å². The van der Waals surface area contributed by atoms with Crippen LogP contribution in [-0.4, -0.2) is 9.55 Å². The first-order chi connectivity index (χ1) is 9.45. The third-order valence-electron chi connectivity index (χ3n) is 2.64. The number of anilines is 1. The van der Waals surface area contributed by atoms with Crippen LogP contribution in [0.1, 0.15) is 11.1 Å². The molecule has 0 amide bonds. The second-order valence-corrected chi connectivity index (χ2v) is 6.92. The predicted molar refractivity (Wildman–Crippen MR) is 87.1 cm³/mol. The molecule has 2 rings (SSSR count). The van der Waals surface area contributed by atoms with Crippen molar-refractivity contribution in [1.82, 2.24) is 9.55 Å². The highest BCUT2D eigenvalue weighted by Crippen LogP contribution is 2.15. The lowest BCUT2D eigenvalue weighted by Gasteiger charge is -2.06. The van der Waals surface area contributed by atoms with Crippen molar-refractivity contribution in [3.05, 3.63) is 65.8 Å². The molecule has 7 heteroatoms. The van der Waals surface area contributed by atoms with Crippen molar-refractivity contribution in [3.63, 3.8) is 0 Å². The summed E-state index contributed by atoms with van der Waals surface area (Å²) in [5, 5.41) is 0. The van der Waals surface area contributed by atoms with Gasteiger partial charge in [-0.1, -0.05) is 12.1 Å². The Bertz CT molecular complexity index is 756. The average molecular weight is 401 g/mol. The molecule has 5 nitrogen and oxygen atoms in total. The second-order valence-electron chi connectivity index (χ2n) is 4.15. The molecule has 0 saturated heterocycles. The summed E-state index contributed by atoms with van der Waals surface area (Å²) in [6.45, 7) is 0.358. The van der Waals surface area contributed by atoms with E-state index in [2.05, 4.69) is 36.8 Å². The Labute approximate surface area is 131 Å². The lowest BCUT2D eigenvalue weighted by molar-refractivity contribution is 0.718. The number of rotatable bonds is 3. The first-order valence-electron chi connectivity index (χ1n) is 5.66. The summed E-state index contributed by atoms with van der Waals surface area (Å²) in [6, 6.07) is 7.20. The second kappa shape index (κ2) is 6.23. The normalized spacial score (nSPS) is 10.3. The van der Waals surface area contributed by atoms with Gasteiger partial charge in [0.15, 0.2) is 0 Å². The summed E-state index contributed by atoms with van der Waals surface area (Å²) in [4.78, 5) is 25.7. The quantitative estimate of drug-likeness (QED) is 0.775. The number of nitrogens with zero attached hydrogens (tertiary/aromatic N) is 1. The molecule has 0 aliphatic carbocycles. The smallest absolute Gasteiger partial charge is 0.328 e. The number of halogens is 2. The maximum absolute atomic E-state index is 11.8. The molecule has 0 saturated carbocycles. The van der Waals surface area contributed by atoms with Gasteiger partial charge in [0, 0.05) is 11.9 Å². The summed E-state index contributed by atoms with van der Waals surface area (Å²) >= 11 is 6.37. The van der Waals surface area contributed by atoms with E-state index in [-0.39, 0.29) is 0 Å². The van der Waals surface area contributed by atoms with E-state index >= 15 is 0 Å². The summed E-state index contributed by atoms with van der Waals surface area (Å²) in [5.74, 6) is 0. The molecule has 0 bridgehead atoms. The minimum atomic E-state index is -0.449. The fraction of sp³-hybridized carbons (Fsp3) is 0.0769. The molecule has 3 N–H and O–H groups in total. The average Bonchev–Trinajstić information content (AvgIpc) is 2.37. The van der Waals surface area contributed by atoms with Crippen LogP contribution in [0.15, 0.2) is 43.4 Å². The maximum atomic E-state index is 11.8. The van der Waals surface area contributed by atoms with Crippen molar-refractivity contribution in [3.8, 4) is 0 Å². The Morgan fingerprint density at radius 1 is 1.25 bits per heavy atom. The summed E-state index contributed by atoms with van der Waals surface area (Å²) < 4.78 is 2.05. The van der Waals surface area contributed by atoms with Crippen LogP contribution >= 0.6 is 31.9 Å². The Kier molecular flexibility index (Phi) is 4.61. The number of benzene rings is 1. The van der Waals surface area contributed by atoms with Gasteiger partial charge in [-0.2, -0.15) is 0 Å². The van der Waals surface area contributed by atoms with Crippen LogP contribution < -0.4 is 17.0 Å². The van der Waals surface area contributed by atoms with Crippen LogP contribution in [-0.2, 0) is 6.54 Å². The molecular formula is C13H11Br2N3O2. The van der Waals surface area contributed by atoms with Gasteiger partial charge in [0.2, 0.25) is 0 Å². The van der Waals surface area contributed by atoms with Crippen molar-refractivity contribution in [2.24, 2.45) is 0 Å². The molecule has 1 aromatic heterocycles. The monoisotopic (exact) mass is 399 g/mol. The molecule has 104 valence electrons. The number of H-pyrrole nitrogens is 1. The Hall–Kier alpha value is -1.60. The van der Waals surface area contributed by atoms with E-state index in [0.29, 0.717) is 21.2 Å². The molecule has 0 radical (unpaired) electrons. The standard InChI is InChI=1S/C13H11Br2N3O2/c14-11(15)5-9-7-18(13(20)17-12(9)19)6-8-1-3-10(16)4-2-8/h1-5,7H,6,16H2,(H,17,19,20). The first-order valence-corrected chi connectivity index (χ1v) is 7.25. The van der Waals surface area contributed by atoms with E-state index in [1.54, 1.807) is 18.2 Å². The highest BCUT2D eigenvalue weighted by molar-refractivity contribution is 9.28. The minimum absolute atomic E-state index is 0.358. The lowest BCUT2D eigenvalue weighted by Crippen LogP contribution is -2.31. The van der Waals surface area contributed by atoms with Gasteiger partial charge in [-0.3, -0.25) is 14.3 Å². The largest absolute Gasteiger partial charge is 0.399 e. The zero-order valence-electron chi connectivity index (χ0n) is 10.3. The lowest BCUT2D eigenvalue weighted by atomic mass is 10.2. The third-order valence-corrected chi connectivity index (χ3v) is 3.09. The van der Waals surface area contributed by atoms with Crippen molar-refractivity contribution in [2.75, 3.05) is 5.73 Å². The molecule has 0 fully saturated rings. The molecule has 1 aromatic carbocycles. The summed E-state index contributed by atoms with van der Waals surface area (Å²) in [5.41, 5.74) is 6.69. The summed E-state index contributed by atoms with van der Waals surface area (Å²) in [7, 11) is 0. The van der Waals surface area contributed by atoms with E-state index in [0.717, 1.165) is 5.56 Å². The van der Waals surface area contributed by atoms with E-state index in [9.17, 15) is 9.59 Å². The van der Waals surface area contributed by atoms with Gasteiger partial charge in [0.25, 0.3) is 5.56 Å². The van der Waals surface area contributed by atoms with Crippen LogP contribution in [0, 0.1) is 0 Å². The number of nitrogens with one attached hydrogen (secondary N) is 1. The van der Waals surface area contributed by atoms with Gasteiger partial charge in [-0.25, -0.2) is 4.79 Å². The number of nitrogens with two attached hydrogens (primary N) is 1. The number of hydrogen-bond donors (Lipinski definition) is 2. The summed E-state index contributed by atoms with van der Waals surface area (Å²) in [6.07, 6.45) is 3.10. The third kappa shape index (κ3) is 3.71. The zero-order valence-corrected chi connectivity index (χ0v) is 13.4. The van der Waals surface area contributed by atoms with Gasteiger partial charge in [0.05, 0.1) is 15.5 Å². The number of aromatic amines is 1. The number of aromatic nitrogens is 2. The fourth-order valence-corrected chi connectivity index (χ4v) is 2.18. The van der Waals surface area contributed by atoms with Crippen molar-refractivity contribution in [2.45, 2.75) is 6.54 Å². The van der Waals surface area contributed by atoms with Gasteiger partial charge < -0.3 is 5.73 Å². The highest BCUT2D eigenvalue weighted by atomic mass is 79.9. The van der Waals surface area contributed by atoms with Crippen LogP contribution in [0.2, 0.25) is 0 Å². The Balaban J connectivity index is 2.41. The molecular weight excluding hydrogens is 390 g/mol. The van der Waals surface area contributed by atoms with E-state index in [1.165, 1.54) is 10.8 Å².